The van der Waals surface area contributed by atoms with Crippen LogP contribution in [-0.4, -0.2) is 22.2 Å². The molecule has 0 fully saturated rings. The average Bonchev–Trinajstić information content (AvgIpc) is 2.13. The molecule has 1 aromatic rings. The quantitative estimate of drug-likeness (QED) is 0.783. The first-order chi connectivity index (χ1) is 6.94. The highest BCUT2D eigenvalue weighted by atomic mass is 16.3. The Labute approximate surface area is 89.6 Å². The molecule has 4 heteroatoms. The maximum atomic E-state index is 9.54. The van der Waals surface area contributed by atoms with Gasteiger partial charge >= 0.3 is 0 Å². The Morgan fingerprint density at radius 3 is 2.80 bits per heavy atom. The number of hydrogen-bond donors (Lipinski definition) is 2. The van der Waals surface area contributed by atoms with Crippen molar-refractivity contribution in [1.82, 2.24) is 4.98 Å². The highest BCUT2D eigenvalue weighted by Gasteiger charge is 2.14. The second kappa shape index (κ2) is 4.28. The number of nitrogens with zero attached hydrogens (tertiary/aromatic N) is 2. The summed E-state index contributed by atoms with van der Waals surface area (Å²) in [6, 6.07) is 3.88. The Hall–Kier alpha value is -1.60. The average molecular weight is 205 g/mol. The molecular weight excluding hydrogens is 190 g/mol. The fourth-order valence-electron chi connectivity index (χ4n) is 1.13. The van der Waals surface area contributed by atoms with Crippen molar-refractivity contribution in [1.29, 1.82) is 5.26 Å². The molecule has 1 rings (SSSR count). The molecule has 80 valence electrons. The third-order valence-corrected chi connectivity index (χ3v) is 1.96. The van der Waals surface area contributed by atoms with Crippen LogP contribution in [0.15, 0.2) is 12.3 Å². The number of aromatic nitrogens is 1. The molecule has 1 heterocycles. The molecule has 0 aliphatic rings. The van der Waals surface area contributed by atoms with Crippen LogP contribution < -0.4 is 5.32 Å². The van der Waals surface area contributed by atoms with Gasteiger partial charge in [0.05, 0.1) is 11.2 Å². The SMILES string of the molecule is Cc1ccnc(NCC(C)(C)O)c1C#N. The molecule has 0 radical (unpaired) electrons. The number of nitriles is 1. The summed E-state index contributed by atoms with van der Waals surface area (Å²) in [4.78, 5) is 4.07. The minimum absolute atomic E-state index is 0.359. The van der Waals surface area contributed by atoms with Gasteiger partial charge in [-0.25, -0.2) is 4.98 Å². The van der Waals surface area contributed by atoms with E-state index in [2.05, 4.69) is 16.4 Å². The van der Waals surface area contributed by atoms with Gasteiger partial charge in [0.25, 0.3) is 0 Å². The molecule has 0 saturated carbocycles. The van der Waals surface area contributed by atoms with Crippen molar-refractivity contribution in [2.75, 3.05) is 11.9 Å². The van der Waals surface area contributed by atoms with Crippen molar-refractivity contribution in [3.8, 4) is 6.07 Å². The zero-order valence-corrected chi connectivity index (χ0v) is 9.20. The predicted molar refractivity (Wildman–Crippen MR) is 58.5 cm³/mol. The third-order valence-electron chi connectivity index (χ3n) is 1.96. The van der Waals surface area contributed by atoms with Crippen molar-refractivity contribution in [3.63, 3.8) is 0 Å². The molecule has 1 aromatic heterocycles. The maximum absolute atomic E-state index is 9.54. The minimum Gasteiger partial charge on any atom is -0.389 e. The minimum atomic E-state index is -0.821. The van der Waals surface area contributed by atoms with E-state index in [-0.39, 0.29) is 0 Å². The summed E-state index contributed by atoms with van der Waals surface area (Å²) in [6.45, 7) is 5.61. The number of aryl methyl sites for hydroxylation is 1. The summed E-state index contributed by atoms with van der Waals surface area (Å²) >= 11 is 0. The van der Waals surface area contributed by atoms with E-state index in [9.17, 15) is 5.11 Å². The van der Waals surface area contributed by atoms with Gasteiger partial charge in [0, 0.05) is 12.7 Å². The van der Waals surface area contributed by atoms with Crippen molar-refractivity contribution in [2.24, 2.45) is 0 Å². The lowest BCUT2D eigenvalue weighted by atomic mass is 10.1. The van der Waals surface area contributed by atoms with E-state index in [1.807, 2.05) is 6.92 Å². The number of nitrogens with one attached hydrogen (secondary N) is 1. The second-order valence-corrected chi connectivity index (χ2v) is 4.13. The van der Waals surface area contributed by atoms with Crippen LogP contribution in [0.5, 0.6) is 0 Å². The highest BCUT2D eigenvalue weighted by molar-refractivity contribution is 5.55. The first-order valence-electron chi connectivity index (χ1n) is 4.76. The zero-order valence-electron chi connectivity index (χ0n) is 9.20. The zero-order chi connectivity index (χ0) is 11.5. The molecular formula is C11H15N3O. The molecule has 0 aliphatic carbocycles. The third kappa shape index (κ3) is 3.22. The fourth-order valence-corrected chi connectivity index (χ4v) is 1.13. The van der Waals surface area contributed by atoms with Crippen LogP contribution in [0.4, 0.5) is 5.82 Å². The van der Waals surface area contributed by atoms with Gasteiger partial charge in [0.1, 0.15) is 11.9 Å². The van der Waals surface area contributed by atoms with Crippen molar-refractivity contribution in [2.45, 2.75) is 26.4 Å². The van der Waals surface area contributed by atoms with Crippen LogP contribution >= 0.6 is 0 Å². The van der Waals surface area contributed by atoms with Crippen molar-refractivity contribution >= 4 is 5.82 Å². The number of pyridine rings is 1. The molecule has 0 saturated heterocycles. The van der Waals surface area contributed by atoms with E-state index in [4.69, 9.17) is 5.26 Å². The van der Waals surface area contributed by atoms with E-state index in [0.717, 1.165) is 5.56 Å². The molecule has 0 amide bonds. The highest BCUT2D eigenvalue weighted by Crippen LogP contribution is 2.15. The number of aliphatic hydroxyl groups is 1. The Bertz CT molecular complexity index is 388. The Morgan fingerprint density at radius 1 is 1.60 bits per heavy atom. The predicted octanol–water partition coefficient (Wildman–Crippen LogP) is 1.44. The largest absolute Gasteiger partial charge is 0.389 e. The van der Waals surface area contributed by atoms with Crippen LogP contribution in [0.1, 0.15) is 25.0 Å². The molecule has 0 bridgehead atoms. The van der Waals surface area contributed by atoms with E-state index >= 15 is 0 Å². The molecule has 4 nitrogen and oxygen atoms in total. The van der Waals surface area contributed by atoms with Gasteiger partial charge in [0.15, 0.2) is 0 Å². The number of anilines is 1. The summed E-state index contributed by atoms with van der Waals surface area (Å²) in [5.74, 6) is 0.527. The Balaban J connectivity index is 2.87. The molecule has 15 heavy (non-hydrogen) atoms. The Kier molecular flexibility index (Phi) is 3.28. The lowest BCUT2D eigenvalue weighted by Gasteiger charge is -2.18. The van der Waals surface area contributed by atoms with Gasteiger partial charge in [-0.15, -0.1) is 0 Å². The summed E-state index contributed by atoms with van der Waals surface area (Å²) in [5.41, 5.74) is 0.588. The summed E-state index contributed by atoms with van der Waals surface area (Å²) < 4.78 is 0. The van der Waals surface area contributed by atoms with Gasteiger partial charge in [0.2, 0.25) is 0 Å². The number of rotatable bonds is 3. The smallest absolute Gasteiger partial charge is 0.144 e. The van der Waals surface area contributed by atoms with Crippen molar-refractivity contribution < 1.29 is 5.11 Å². The van der Waals surface area contributed by atoms with E-state index in [1.165, 1.54) is 0 Å². The van der Waals surface area contributed by atoms with Gasteiger partial charge < -0.3 is 10.4 Å². The molecule has 0 unspecified atom stereocenters. The molecule has 0 aliphatic heterocycles. The summed E-state index contributed by atoms with van der Waals surface area (Å²) in [7, 11) is 0. The van der Waals surface area contributed by atoms with E-state index in [0.29, 0.717) is 17.9 Å². The standard InChI is InChI=1S/C11H15N3O/c1-8-4-5-13-10(9(8)6-12)14-7-11(2,3)15/h4-5,15H,7H2,1-3H3,(H,13,14). The van der Waals surface area contributed by atoms with Gasteiger partial charge in [-0.2, -0.15) is 5.26 Å². The Morgan fingerprint density at radius 2 is 2.27 bits per heavy atom. The summed E-state index contributed by atoms with van der Waals surface area (Å²) in [6.07, 6.45) is 1.64. The lowest BCUT2D eigenvalue weighted by Crippen LogP contribution is -2.29. The molecule has 2 N–H and O–H groups in total. The van der Waals surface area contributed by atoms with Crippen LogP contribution in [0.2, 0.25) is 0 Å². The van der Waals surface area contributed by atoms with E-state index in [1.54, 1.807) is 26.1 Å². The first kappa shape index (κ1) is 11.5. The second-order valence-electron chi connectivity index (χ2n) is 4.13. The number of hydrogen-bond acceptors (Lipinski definition) is 4. The first-order valence-corrected chi connectivity index (χ1v) is 4.76. The van der Waals surface area contributed by atoms with E-state index < -0.39 is 5.60 Å². The van der Waals surface area contributed by atoms with Gasteiger partial charge in [-0.1, -0.05) is 0 Å². The lowest BCUT2D eigenvalue weighted by molar-refractivity contribution is 0.0944. The fraction of sp³-hybridized carbons (Fsp3) is 0.455. The normalized spacial score (nSPS) is 10.9. The van der Waals surface area contributed by atoms with Crippen LogP contribution in [-0.2, 0) is 0 Å². The maximum Gasteiger partial charge on any atom is 0.144 e. The summed E-state index contributed by atoms with van der Waals surface area (Å²) in [5, 5.41) is 21.4. The van der Waals surface area contributed by atoms with Crippen LogP contribution in [0.25, 0.3) is 0 Å². The topological polar surface area (TPSA) is 68.9 Å². The molecule has 0 aromatic carbocycles. The van der Waals surface area contributed by atoms with Gasteiger partial charge in [-0.3, -0.25) is 0 Å². The molecule has 0 atom stereocenters. The van der Waals surface area contributed by atoms with Crippen LogP contribution in [0, 0.1) is 18.3 Å². The van der Waals surface area contributed by atoms with Crippen molar-refractivity contribution in [3.05, 3.63) is 23.4 Å². The van der Waals surface area contributed by atoms with Gasteiger partial charge in [-0.05, 0) is 32.4 Å². The van der Waals surface area contributed by atoms with Crippen LogP contribution in [0.3, 0.4) is 0 Å². The monoisotopic (exact) mass is 205 g/mol. The molecule has 0 spiro atoms.